The zero-order valence-corrected chi connectivity index (χ0v) is 17.2. The molecule has 0 aliphatic rings. The molecule has 3 heteroatoms. The highest BCUT2D eigenvalue weighted by molar-refractivity contribution is 6.11. The maximum absolute atomic E-state index is 12.6. The first-order valence-electron chi connectivity index (χ1n) is 10.8. The molecule has 0 saturated heterocycles. The molecule has 0 aliphatic carbocycles. The minimum atomic E-state index is -0.192. The number of aromatic hydroxyl groups is 1. The van der Waals surface area contributed by atoms with Crippen LogP contribution in [0.15, 0.2) is 48.5 Å². The lowest BCUT2D eigenvalue weighted by Gasteiger charge is -2.11. The van der Waals surface area contributed by atoms with E-state index in [4.69, 9.17) is 4.74 Å². The lowest BCUT2D eigenvalue weighted by atomic mass is 10.0. The molecule has 0 radical (unpaired) electrons. The van der Waals surface area contributed by atoms with Crippen molar-refractivity contribution in [1.82, 2.24) is 0 Å². The second-order valence-corrected chi connectivity index (χ2v) is 7.38. The van der Waals surface area contributed by atoms with E-state index in [1.54, 1.807) is 30.3 Å². The number of carbonyl (C=O) groups is 1. The van der Waals surface area contributed by atoms with E-state index < -0.39 is 0 Å². The van der Waals surface area contributed by atoms with Crippen LogP contribution in [-0.2, 0) is 0 Å². The van der Waals surface area contributed by atoms with Gasteiger partial charge in [0.05, 0.1) is 12.2 Å². The molecule has 3 nitrogen and oxygen atoms in total. The minimum Gasteiger partial charge on any atom is -0.504 e. The Balaban J connectivity index is 1.69. The number of ether oxygens (including phenoxy) is 1. The monoisotopic (exact) mass is 382 g/mol. The van der Waals surface area contributed by atoms with Gasteiger partial charge in [-0.3, -0.25) is 4.79 Å². The van der Waals surface area contributed by atoms with Crippen LogP contribution in [0.2, 0.25) is 0 Å². The quantitative estimate of drug-likeness (QED) is 0.285. The highest BCUT2D eigenvalue weighted by Gasteiger charge is 2.16. The summed E-state index contributed by atoms with van der Waals surface area (Å²) in [6, 6.07) is 14.1. The summed E-state index contributed by atoms with van der Waals surface area (Å²) in [6.07, 6.45) is 12.7. The fourth-order valence-electron chi connectivity index (χ4n) is 3.34. The number of para-hydroxylation sites is 1. The van der Waals surface area contributed by atoms with Crippen LogP contribution in [0.1, 0.15) is 87.1 Å². The molecule has 152 valence electrons. The molecule has 0 fully saturated rings. The van der Waals surface area contributed by atoms with Crippen molar-refractivity contribution >= 4 is 5.78 Å². The first-order valence-corrected chi connectivity index (χ1v) is 10.8. The second-order valence-electron chi connectivity index (χ2n) is 7.38. The van der Waals surface area contributed by atoms with Gasteiger partial charge in [-0.1, -0.05) is 101 Å². The molecule has 2 aromatic carbocycles. The molecule has 0 bridgehead atoms. The molecule has 0 unspecified atom stereocenters. The summed E-state index contributed by atoms with van der Waals surface area (Å²) < 4.78 is 5.73. The van der Waals surface area contributed by atoms with Gasteiger partial charge in [0.25, 0.3) is 0 Å². The van der Waals surface area contributed by atoms with Crippen LogP contribution in [0, 0.1) is 0 Å². The molecule has 0 atom stereocenters. The SMILES string of the molecule is CCCCCCCCCCCCOc1cccc(C(=O)c2ccccc2)c1O. The molecule has 0 aromatic heterocycles. The molecule has 2 rings (SSSR count). The molecule has 1 N–H and O–H groups in total. The number of unbranched alkanes of at least 4 members (excludes halogenated alkanes) is 9. The van der Waals surface area contributed by atoms with Crippen LogP contribution < -0.4 is 4.74 Å². The molecule has 0 amide bonds. The number of hydrogen-bond acceptors (Lipinski definition) is 3. The van der Waals surface area contributed by atoms with Gasteiger partial charge in [-0.15, -0.1) is 0 Å². The Morgan fingerprint density at radius 2 is 1.39 bits per heavy atom. The van der Waals surface area contributed by atoms with Crippen LogP contribution in [0.25, 0.3) is 0 Å². The smallest absolute Gasteiger partial charge is 0.196 e. The van der Waals surface area contributed by atoms with Gasteiger partial charge in [0.1, 0.15) is 0 Å². The zero-order valence-electron chi connectivity index (χ0n) is 17.2. The summed E-state index contributed by atoms with van der Waals surface area (Å²) in [5.41, 5.74) is 0.844. The molecule has 0 aliphatic heterocycles. The van der Waals surface area contributed by atoms with Crippen LogP contribution in [0.4, 0.5) is 0 Å². The van der Waals surface area contributed by atoms with E-state index in [0.29, 0.717) is 17.9 Å². The number of carbonyl (C=O) groups excluding carboxylic acids is 1. The Morgan fingerprint density at radius 3 is 2.04 bits per heavy atom. The summed E-state index contributed by atoms with van der Waals surface area (Å²) in [5.74, 6) is 0.128. The van der Waals surface area contributed by atoms with Crippen LogP contribution >= 0.6 is 0 Å². The minimum absolute atomic E-state index is 0.0663. The predicted octanol–water partition coefficient (Wildman–Crippen LogP) is 6.92. The van der Waals surface area contributed by atoms with E-state index in [1.807, 2.05) is 18.2 Å². The van der Waals surface area contributed by atoms with Gasteiger partial charge in [0.2, 0.25) is 0 Å². The third-order valence-corrected chi connectivity index (χ3v) is 5.04. The first-order chi connectivity index (χ1) is 13.7. The lowest BCUT2D eigenvalue weighted by Crippen LogP contribution is -2.04. The number of rotatable bonds is 14. The largest absolute Gasteiger partial charge is 0.504 e. The molecule has 0 spiro atoms. The van der Waals surface area contributed by atoms with Crippen LogP contribution in [0.3, 0.4) is 0 Å². The number of ketones is 1. The lowest BCUT2D eigenvalue weighted by molar-refractivity contribution is 0.103. The van der Waals surface area contributed by atoms with Gasteiger partial charge in [0, 0.05) is 5.56 Å². The number of phenols is 1. The molecule has 28 heavy (non-hydrogen) atoms. The van der Waals surface area contributed by atoms with Crippen molar-refractivity contribution in [3.63, 3.8) is 0 Å². The van der Waals surface area contributed by atoms with Crippen molar-refractivity contribution in [1.29, 1.82) is 0 Å². The van der Waals surface area contributed by atoms with Crippen LogP contribution in [0.5, 0.6) is 11.5 Å². The molecule has 0 heterocycles. The number of hydrogen-bond donors (Lipinski definition) is 1. The average Bonchev–Trinajstić information content (AvgIpc) is 2.73. The van der Waals surface area contributed by atoms with Crippen molar-refractivity contribution in [2.45, 2.75) is 71.1 Å². The van der Waals surface area contributed by atoms with E-state index >= 15 is 0 Å². The predicted molar refractivity (Wildman–Crippen MR) is 115 cm³/mol. The Hall–Kier alpha value is -2.29. The van der Waals surface area contributed by atoms with Crippen molar-refractivity contribution in [3.05, 3.63) is 59.7 Å². The number of phenolic OH excluding ortho intramolecular Hbond substituents is 1. The second kappa shape index (κ2) is 13.0. The van der Waals surface area contributed by atoms with Gasteiger partial charge in [-0.2, -0.15) is 0 Å². The standard InChI is InChI=1S/C25H34O3/c1-2-3-4-5-6-7-8-9-10-14-20-28-23-19-15-18-22(25(23)27)24(26)21-16-12-11-13-17-21/h11-13,15-19,27H,2-10,14,20H2,1H3. The third kappa shape index (κ3) is 7.38. The van der Waals surface area contributed by atoms with Crippen molar-refractivity contribution in [2.75, 3.05) is 6.61 Å². The van der Waals surface area contributed by atoms with Gasteiger partial charge < -0.3 is 9.84 Å². The first kappa shape index (κ1) is 22.0. The van der Waals surface area contributed by atoms with E-state index in [9.17, 15) is 9.90 Å². The zero-order chi connectivity index (χ0) is 20.0. The van der Waals surface area contributed by atoms with Gasteiger partial charge >= 0.3 is 0 Å². The molecule has 2 aromatic rings. The average molecular weight is 383 g/mol. The van der Waals surface area contributed by atoms with Gasteiger partial charge in [0.15, 0.2) is 17.3 Å². The maximum atomic E-state index is 12.6. The van der Waals surface area contributed by atoms with Crippen LogP contribution in [-0.4, -0.2) is 17.5 Å². The summed E-state index contributed by atoms with van der Waals surface area (Å²) in [6.45, 7) is 2.81. The third-order valence-electron chi connectivity index (χ3n) is 5.04. The van der Waals surface area contributed by atoms with E-state index in [1.165, 1.54) is 51.4 Å². The Morgan fingerprint density at radius 1 is 0.786 bits per heavy atom. The summed E-state index contributed by atoms with van der Waals surface area (Å²) >= 11 is 0. The molecule has 0 saturated carbocycles. The Kier molecular flexibility index (Phi) is 10.2. The number of benzene rings is 2. The Bertz CT molecular complexity index is 694. The van der Waals surface area contributed by atoms with E-state index in [-0.39, 0.29) is 17.1 Å². The van der Waals surface area contributed by atoms with Gasteiger partial charge in [-0.25, -0.2) is 0 Å². The topological polar surface area (TPSA) is 46.5 Å². The summed E-state index contributed by atoms with van der Waals surface area (Å²) in [7, 11) is 0. The maximum Gasteiger partial charge on any atom is 0.196 e. The summed E-state index contributed by atoms with van der Waals surface area (Å²) in [5, 5.41) is 10.4. The van der Waals surface area contributed by atoms with Crippen molar-refractivity contribution in [2.24, 2.45) is 0 Å². The fraction of sp³-hybridized carbons (Fsp3) is 0.480. The van der Waals surface area contributed by atoms with E-state index in [2.05, 4.69) is 6.92 Å². The highest BCUT2D eigenvalue weighted by atomic mass is 16.5. The summed E-state index contributed by atoms with van der Waals surface area (Å²) in [4.78, 5) is 12.6. The Labute approximate surface area is 169 Å². The highest BCUT2D eigenvalue weighted by Crippen LogP contribution is 2.31. The normalized spacial score (nSPS) is 10.8. The molecular formula is C25H34O3. The fourth-order valence-corrected chi connectivity index (χ4v) is 3.34. The van der Waals surface area contributed by atoms with Crippen molar-refractivity contribution < 1.29 is 14.6 Å². The molecular weight excluding hydrogens is 348 g/mol. The van der Waals surface area contributed by atoms with Crippen molar-refractivity contribution in [3.8, 4) is 11.5 Å². The van der Waals surface area contributed by atoms with Gasteiger partial charge in [-0.05, 0) is 18.6 Å². The van der Waals surface area contributed by atoms with E-state index in [0.717, 1.165) is 12.8 Å².